The van der Waals surface area contributed by atoms with E-state index in [1.54, 1.807) is 30.6 Å². The number of hydrogen-bond donors (Lipinski definition) is 1. The molecule has 1 saturated heterocycles. The average Bonchev–Trinajstić information content (AvgIpc) is 2.54. The molecular formula is C14H29ClN3O6P. The summed E-state index contributed by atoms with van der Waals surface area (Å²) in [5.41, 5.74) is 5.91. The minimum Gasteiger partial charge on any atom is -0.450 e. The van der Waals surface area contributed by atoms with Crippen molar-refractivity contribution in [3.05, 3.63) is 0 Å². The van der Waals surface area contributed by atoms with Crippen molar-refractivity contribution in [2.75, 3.05) is 52.2 Å². The van der Waals surface area contributed by atoms with Crippen LogP contribution in [0.5, 0.6) is 0 Å². The van der Waals surface area contributed by atoms with Crippen LogP contribution in [-0.2, 0) is 23.1 Å². The van der Waals surface area contributed by atoms with Crippen LogP contribution >= 0.6 is 20.0 Å². The SMILES string of the molecule is CCOC(=O)N1CCN(C(=O)[C@H](N)CP(=O)(OCC)OCC)CC1.Cl. The van der Waals surface area contributed by atoms with Crippen LogP contribution in [-0.4, -0.2) is 80.0 Å². The molecule has 2 N–H and O–H groups in total. The van der Waals surface area contributed by atoms with Gasteiger partial charge in [0, 0.05) is 26.2 Å². The summed E-state index contributed by atoms with van der Waals surface area (Å²) >= 11 is 0. The zero-order chi connectivity index (χ0) is 18.2. The Kier molecular flexibility index (Phi) is 11.3. The standard InChI is InChI=1S/C14H28N3O6P.ClH/c1-4-21-14(19)17-9-7-16(8-10-17)13(18)12(15)11-24(20,22-5-2)23-6-3;/h12H,4-11,15H2,1-3H3;1H/t12-;/m1./s1. The fraction of sp³-hybridized carbons (Fsp3) is 0.857. The first-order valence-electron chi connectivity index (χ1n) is 8.21. The summed E-state index contributed by atoms with van der Waals surface area (Å²) in [6.45, 7) is 7.38. The molecule has 1 atom stereocenters. The predicted octanol–water partition coefficient (Wildman–Crippen LogP) is 1.30. The molecule has 11 heteroatoms. The number of nitrogens with two attached hydrogens (primary N) is 1. The molecule has 0 radical (unpaired) electrons. The van der Waals surface area contributed by atoms with E-state index < -0.39 is 13.6 Å². The van der Waals surface area contributed by atoms with Crippen LogP contribution in [0, 0.1) is 0 Å². The molecule has 0 aliphatic carbocycles. The van der Waals surface area contributed by atoms with Gasteiger partial charge in [-0.05, 0) is 20.8 Å². The summed E-state index contributed by atoms with van der Waals surface area (Å²) in [7, 11) is -3.37. The topological polar surface area (TPSA) is 111 Å². The molecule has 2 amide bonds. The number of piperazine rings is 1. The van der Waals surface area contributed by atoms with Crippen LogP contribution in [0.3, 0.4) is 0 Å². The molecule has 1 heterocycles. The number of carbonyl (C=O) groups excluding carboxylic acids is 2. The minimum absolute atomic E-state index is 0. The van der Waals surface area contributed by atoms with Gasteiger partial charge in [0.25, 0.3) is 0 Å². The van der Waals surface area contributed by atoms with Gasteiger partial charge in [-0.25, -0.2) is 4.79 Å². The van der Waals surface area contributed by atoms with Gasteiger partial charge in [0.05, 0.1) is 32.0 Å². The van der Waals surface area contributed by atoms with Crippen LogP contribution in [0.25, 0.3) is 0 Å². The lowest BCUT2D eigenvalue weighted by atomic mass is 10.2. The Balaban J connectivity index is 0.00000576. The van der Waals surface area contributed by atoms with Gasteiger partial charge in [-0.15, -0.1) is 12.4 Å². The number of hydrogen-bond acceptors (Lipinski definition) is 7. The summed E-state index contributed by atoms with van der Waals surface area (Å²) in [5.74, 6) is -0.321. The smallest absolute Gasteiger partial charge is 0.409 e. The van der Waals surface area contributed by atoms with Gasteiger partial charge < -0.3 is 29.3 Å². The molecule has 0 bridgehead atoms. The first-order chi connectivity index (χ1) is 11.4. The van der Waals surface area contributed by atoms with E-state index in [2.05, 4.69) is 0 Å². The van der Waals surface area contributed by atoms with E-state index in [0.29, 0.717) is 32.8 Å². The fourth-order valence-electron chi connectivity index (χ4n) is 2.41. The Hall–Kier alpha value is -0.860. The Labute approximate surface area is 155 Å². The Morgan fingerprint density at radius 3 is 1.92 bits per heavy atom. The molecule has 148 valence electrons. The summed E-state index contributed by atoms with van der Waals surface area (Å²) in [6, 6.07) is -0.969. The van der Waals surface area contributed by atoms with Gasteiger partial charge in [0.1, 0.15) is 0 Å². The lowest BCUT2D eigenvalue weighted by molar-refractivity contribution is -0.133. The summed E-state index contributed by atoms with van der Waals surface area (Å²) < 4.78 is 27.7. The Morgan fingerprint density at radius 2 is 1.48 bits per heavy atom. The van der Waals surface area contributed by atoms with E-state index in [4.69, 9.17) is 19.5 Å². The van der Waals surface area contributed by atoms with Crippen molar-refractivity contribution < 1.29 is 27.9 Å². The van der Waals surface area contributed by atoms with Gasteiger partial charge in [-0.1, -0.05) is 0 Å². The normalized spacial score (nSPS) is 16.2. The summed E-state index contributed by atoms with van der Waals surface area (Å²) in [6.07, 6.45) is -0.544. The third kappa shape index (κ3) is 7.50. The number of ether oxygens (including phenoxy) is 1. The second-order valence-corrected chi connectivity index (χ2v) is 7.35. The van der Waals surface area contributed by atoms with E-state index in [-0.39, 0.29) is 43.8 Å². The van der Waals surface area contributed by atoms with Gasteiger partial charge in [-0.3, -0.25) is 9.36 Å². The van der Waals surface area contributed by atoms with Gasteiger partial charge in [0.2, 0.25) is 5.91 Å². The van der Waals surface area contributed by atoms with Gasteiger partial charge >= 0.3 is 13.7 Å². The van der Waals surface area contributed by atoms with Crippen LogP contribution in [0.15, 0.2) is 0 Å². The average molecular weight is 402 g/mol. The minimum atomic E-state index is -3.37. The summed E-state index contributed by atoms with van der Waals surface area (Å²) in [5, 5.41) is 0. The lowest BCUT2D eigenvalue weighted by Crippen LogP contribution is -2.55. The molecular weight excluding hydrogens is 373 g/mol. The van der Waals surface area contributed by atoms with Crippen molar-refractivity contribution in [3.63, 3.8) is 0 Å². The predicted molar refractivity (Wildman–Crippen MR) is 96.1 cm³/mol. The first kappa shape index (κ1) is 24.1. The van der Waals surface area contributed by atoms with Crippen LogP contribution in [0.4, 0.5) is 4.79 Å². The van der Waals surface area contributed by atoms with Crippen molar-refractivity contribution in [2.45, 2.75) is 26.8 Å². The van der Waals surface area contributed by atoms with Crippen LogP contribution in [0.1, 0.15) is 20.8 Å². The van der Waals surface area contributed by atoms with Crippen molar-refractivity contribution >= 4 is 32.0 Å². The zero-order valence-corrected chi connectivity index (χ0v) is 16.7. The summed E-state index contributed by atoms with van der Waals surface area (Å²) in [4.78, 5) is 27.2. The van der Waals surface area contributed by atoms with Gasteiger partial charge in [-0.2, -0.15) is 0 Å². The molecule has 1 fully saturated rings. The van der Waals surface area contributed by atoms with Crippen molar-refractivity contribution in [3.8, 4) is 0 Å². The highest BCUT2D eigenvalue weighted by Crippen LogP contribution is 2.48. The maximum absolute atomic E-state index is 12.5. The highest BCUT2D eigenvalue weighted by Gasteiger charge is 2.34. The number of rotatable bonds is 8. The molecule has 9 nitrogen and oxygen atoms in total. The first-order valence-corrected chi connectivity index (χ1v) is 9.93. The third-order valence-electron chi connectivity index (χ3n) is 3.51. The quantitative estimate of drug-likeness (QED) is 0.610. The molecule has 0 aromatic rings. The molecule has 0 unspecified atom stereocenters. The second-order valence-electron chi connectivity index (χ2n) is 5.25. The van der Waals surface area contributed by atoms with Crippen molar-refractivity contribution in [2.24, 2.45) is 5.73 Å². The highest BCUT2D eigenvalue weighted by atomic mass is 35.5. The molecule has 1 rings (SSSR count). The van der Waals surface area contributed by atoms with E-state index in [1.165, 1.54) is 0 Å². The number of halogens is 1. The molecule has 0 spiro atoms. The second kappa shape index (κ2) is 11.7. The Morgan fingerprint density at radius 1 is 1.00 bits per heavy atom. The number of nitrogens with zero attached hydrogens (tertiary/aromatic N) is 2. The molecule has 1 aliphatic rings. The monoisotopic (exact) mass is 401 g/mol. The lowest BCUT2D eigenvalue weighted by Gasteiger charge is -2.35. The molecule has 25 heavy (non-hydrogen) atoms. The number of amides is 2. The Bertz CT molecular complexity index is 463. The maximum atomic E-state index is 12.5. The maximum Gasteiger partial charge on any atom is 0.409 e. The molecule has 0 aromatic carbocycles. The third-order valence-corrected chi connectivity index (χ3v) is 5.65. The van der Waals surface area contributed by atoms with Gasteiger partial charge in [0.15, 0.2) is 0 Å². The molecule has 0 saturated carbocycles. The number of carbonyl (C=O) groups is 2. The van der Waals surface area contributed by atoms with E-state index >= 15 is 0 Å². The fourth-order valence-corrected chi connectivity index (χ4v) is 4.12. The molecule has 0 aromatic heterocycles. The van der Waals surface area contributed by atoms with E-state index in [0.717, 1.165) is 0 Å². The van der Waals surface area contributed by atoms with Crippen LogP contribution < -0.4 is 5.73 Å². The highest BCUT2D eigenvalue weighted by molar-refractivity contribution is 7.53. The molecule has 1 aliphatic heterocycles. The zero-order valence-electron chi connectivity index (χ0n) is 15.0. The van der Waals surface area contributed by atoms with E-state index in [9.17, 15) is 14.2 Å². The largest absolute Gasteiger partial charge is 0.450 e. The van der Waals surface area contributed by atoms with Crippen molar-refractivity contribution in [1.29, 1.82) is 0 Å². The van der Waals surface area contributed by atoms with Crippen LogP contribution in [0.2, 0.25) is 0 Å². The van der Waals surface area contributed by atoms with E-state index in [1.807, 2.05) is 0 Å². The van der Waals surface area contributed by atoms with Crippen molar-refractivity contribution in [1.82, 2.24) is 9.80 Å².